The zero-order chi connectivity index (χ0) is 17.4. The van der Waals surface area contributed by atoms with Crippen LogP contribution in [0.15, 0.2) is 29.2 Å². The highest BCUT2D eigenvalue weighted by Crippen LogP contribution is 2.32. The van der Waals surface area contributed by atoms with Crippen molar-refractivity contribution in [1.29, 1.82) is 0 Å². The van der Waals surface area contributed by atoms with Crippen molar-refractivity contribution in [1.82, 2.24) is 4.31 Å². The molecule has 1 aromatic carbocycles. The van der Waals surface area contributed by atoms with Crippen molar-refractivity contribution in [2.45, 2.75) is 47.5 Å². The van der Waals surface area contributed by atoms with Gasteiger partial charge in [0.2, 0.25) is 10.0 Å². The fraction of sp³-hybridized carbons (Fsp3) is 0.625. The second-order valence-electron chi connectivity index (χ2n) is 6.46. The molecule has 0 aromatic heterocycles. The third-order valence-corrected chi connectivity index (χ3v) is 9.41. The number of hydrogen-bond acceptors (Lipinski definition) is 5. The van der Waals surface area contributed by atoms with E-state index in [2.05, 4.69) is 0 Å². The zero-order valence-electron chi connectivity index (χ0n) is 13.7. The number of sulfonamides is 1. The van der Waals surface area contributed by atoms with Gasteiger partial charge in [0, 0.05) is 13.1 Å². The van der Waals surface area contributed by atoms with Gasteiger partial charge in [0.1, 0.15) is 5.75 Å². The first-order chi connectivity index (χ1) is 11.4. The summed E-state index contributed by atoms with van der Waals surface area (Å²) in [6.45, 7) is 0.125. The summed E-state index contributed by atoms with van der Waals surface area (Å²) in [4.78, 5) is 0.211. The molecule has 6 nitrogen and oxygen atoms in total. The summed E-state index contributed by atoms with van der Waals surface area (Å²) in [7, 11) is -5.36. The molecular formula is C16H23NO5S2. The van der Waals surface area contributed by atoms with Crippen LogP contribution >= 0.6 is 0 Å². The summed E-state index contributed by atoms with van der Waals surface area (Å²) in [5.74, 6) is 0.587. The lowest BCUT2D eigenvalue weighted by atomic mass is 10.0. The van der Waals surface area contributed by atoms with E-state index < -0.39 is 25.1 Å². The number of sulfone groups is 1. The molecule has 1 saturated carbocycles. The maximum atomic E-state index is 12.6. The summed E-state index contributed by atoms with van der Waals surface area (Å²) < 4.78 is 56.7. The maximum absolute atomic E-state index is 12.6. The summed E-state index contributed by atoms with van der Waals surface area (Å²) in [6, 6.07) is 6.21. The first-order valence-corrected chi connectivity index (χ1v) is 11.3. The monoisotopic (exact) mass is 373 g/mol. The molecule has 0 bridgehead atoms. The van der Waals surface area contributed by atoms with Crippen molar-refractivity contribution in [3.05, 3.63) is 24.3 Å². The van der Waals surface area contributed by atoms with Gasteiger partial charge in [0.05, 0.1) is 22.5 Å². The van der Waals surface area contributed by atoms with E-state index in [4.69, 9.17) is 4.74 Å². The summed E-state index contributed by atoms with van der Waals surface area (Å²) in [5, 5.41) is -1.000. The van der Waals surface area contributed by atoms with Crippen LogP contribution in [0.5, 0.6) is 5.75 Å². The minimum absolute atomic E-state index is 0.0627. The second kappa shape index (κ2) is 6.65. The Labute approximate surface area is 143 Å². The SMILES string of the molecule is COc1ccc(S(=O)(=O)C2CN(S(=O)(=O)C3CCCCC3)C2)cc1. The molecule has 134 valence electrons. The van der Waals surface area contributed by atoms with Gasteiger partial charge in [-0.3, -0.25) is 0 Å². The molecule has 1 heterocycles. The van der Waals surface area contributed by atoms with Crippen LogP contribution in [0.2, 0.25) is 0 Å². The highest BCUT2D eigenvalue weighted by atomic mass is 32.2. The summed E-state index contributed by atoms with van der Waals surface area (Å²) in [6.07, 6.45) is 4.33. The van der Waals surface area contributed by atoms with Crippen molar-refractivity contribution >= 4 is 19.9 Å². The Kier molecular flexibility index (Phi) is 4.90. The van der Waals surface area contributed by atoms with Crippen LogP contribution in [0.1, 0.15) is 32.1 Å². The maximum Gasteiger partial charge on any atom is 0.217 e. The molecule has 1 saturated heterocycles. The van der Waals surface area contributed by atoms with E-state index in [1.54, 1.807) is 12.1 Å². The molecule has 1 aliphatic heterocycles. The Morgan fingerprint density at radius 2 is 1.50 bits per heavy atom. The van der Waals surface area contributed by atoms with E-state index in [9.17, 15) is 16.8 Å². The van der Waals surface area contributed by atoms with Crippen LogP contribution in [0, 0.1) is 0 Å². The molecule has 1 aliphatic carbocycles. The Morgan fingerprint density at radius 1 is 0.917 bits per heavy atom. The van der Waals surface area contributed by atoms with E-state index in [-0.39, 0.29) is 23.2 Å². The standard InChI is InChI=1S/C16H23NO5S2/c1-22-13-7-9-14(10-8-13)23(18,19)16-11-17(12-16)24(20,21)15-5-3-2-4-6-15/h7-10,15-16H,2-6,11-12H2,1H3. The normalized spacial score (nSPS) is 21.4. The van der Waals surface area contributed by atoms with Crippen molar-refractivity contribution in [2.75, 3.05) is 20.2 Å². The van der Waals surface area contributed by atoms with Gasteiger partial charge in [-0.05, 0) is 37.1 Å². The van der Waals surface area contributed by atoms with Crippen molar-refractivity contribution < 1.29 is 21.6 Å². The summed E-state index contributed by atoms with van der Waals surface area (Å²) >= 11 is 0. The van der Waals surface area contributed by atoms with Crippen LogP contribution in [-0.4, -0.2) is 51.8 Å². The molecule has 24 heavy (non-hydrogen) atoms. The first kappa shape index (κ1) is 17.7. The number of ether oxygens (including phenoxy) is 1. The number of nitrogens with zero attached hydrogens (tertiary/aromatic N) is 1. The molecule has 0 amide bonds. The smallest absolute Gasteiger partial charge is 0.217 e. The fourth-order valence-electron chi connectivity index (χ4n) is 3.34. The van der Waals surface area contributed by atoms with Crippen LogP contribution in [0.25, 0.3) is 0 Å². The van der Waals surface area contributed by atoms with Crippen LogP contribution in [0.4, 0.5) is 0 Å². The van der Waals surface area contributed by atoms with E-state index in [0.717, 1.165) is 19.3 Å². The molecule has 2 aliphatic rings. The lowest BCUT2D eigenvalue weighted by Gasteiger charge is -2.40. The summed E-state index contributed by atoms with van der Waals surface area (Å²) in [5.41, 5.74) is 0. The van der Waals surface area contributed by atoms with Gasteiger partial charge in [0.25, 0.3) is 0 Å². The largest absolute Gasteiger partial charge is 0.497 e. The predicted octanol–water partition coefficient (Wildman–Crippen LogP) is 1.82. The third kappa shape index (κ3) is 3.19. The number of rotatable bonds is 5. The van der Waals surface area contributed by atoms with Gasteiger partial charge >= 0.3 is 0 Å². The molecule has 0 atom stereocenters. The molecule has 0 N–H and O–H groups in total. The quantitative estimate of drug-likeness (QED) is 0.786. The van der Waals surface area contributed by atoms with Crippen molar-refractivity contribution in [3.8, 4) is 5.75 Å². The molecule has 3 rings (SSSR count). The third-order valence-electron chi connectivity index (χ3n) is 4.97. The second-order valence-corrected chi connectivity index (χ2v) is 10.9. The lowest BCUT2D eigenvalue weighted by molar-refractivity contribution is 0.300. The van der Waals surface area contributed by atoms with Gasteiger partial charge in [0.15, 0.2) is 9.84 Å². The van der Waals surface area contributed by atoms with Crippen molar-refractivity contribution in [2.24, 2.45) is 0 Å². The number of methoxy groups -OCH3 is 1. The highest BCUT2D eigenvalue weighted by molar-refractivity contribution is 7.93. The molecule has 0 spiro atoms. The highest BCUT2D eigenvalue weighted by Gasteiger charge is 2.46. The minimum Gasteiger partial charge on any atom is -0.497 e. The topological polar surface area (TPSA) is 80.8 Å². The first-order valence-electron chi connectivity index (χ1n) is 8.22. The molecule has 1 aromatic rings. The van der Waals surface area contributed by atoms with Gasteiger partial charge in [-0.2, -0.15) is 4.31 Å². The molecule has 0 unspecified atom stereocenters. The fourth-order valence-corrected chi connectivity index (χ4v) is 7.30. The average molecular weight is 373 g/mol. The Balaban J connectivity index is 1.68. The minimum atomic E-state index is -3.51. The number of hydrogen-bond donors (Lipinski definition) is 0. The van der Waals surface area contributed by atoms with E-state index in [1.807, 2.05) is 0 Å². The molecule has 8 heteroatoms. The molecular weight excluding hydrogens is 350 g/mol. The Hall–Kier alpha value is -1.12. The van der Waals surface area contributed by atoms with E-state index in [0.29, 0.717) is 18.6 Å². The van der Waals surface area contributed by atoms with Gasteiger partial charge < -0.3 is 4.74 Å². The van der Waals surface area contributed by atoms with Gasteiger partial charge in [-0.1, -0.05) is 19.3 Å². The van der Waals surface area contributed by atoms with Crippen LogP contribution in [0.3, 0.4) is 0 Å². The Bertz CT molecular complexity index is 774. The lowest BCUT2D eigenvalue weighted by Crippen LogP contribution is -2.58. The predicted molar refractivity (Wildman–Crippen MR) is 91.3 cm³/mol. The number of benzene rings is 1. The average Bonchev–Trinajstić information content (AvgIpc) is 2.54. The van der Waals surface area contributed by atoms with Crippen molar-refractivity contribution in [3.63, 3.8) is 0 Å². The Morgan fingerprint density at radius 3 is 2.04 bits per heavy atom. The van der Waals surface area contributed by atoms with E-state index in [1.165, 1.54) is 23.5 Å². The van der Waals surface area contributed by atoms with E-state index >= 15 is 0 Å². The molecule has 2 fully saturated rings. The zero-order valence-corrected chi connectivity index (χ0v) is 15.4. The van der Waals surface area contributed by atoms with Gasteiger partial charge in [-0.15, -0.1) is 0 Å². The van der Waals surface area contributed by atoms with Crippen LogP contribution in [-0.2, 0) is 19.9 Å². The molecule has 0 radical (unpaired) electrons. The van der Waals surface area contributed by atoms with Gasteiger partial charge in [-0.25, -0.2) is 16.8 Å². The van der Waals surface area contributed by atoms with Crippen LogP contribution < -0.4 is 4.74 Å².